The molecule has 0 bridgehead atoms. The Bertz CT molecular complexity index is 1120. The van der Waals surface area contributed by atoms with Gasteiger partial charge in [-0.25, -0.2) is 4.39 Å². The zero-order valence-corrected chi connectivity index (χ0v) is 20.9. The smallest absolute Gasteiger partial charge is 0.251 e. The number of benzene rings is 2. The molecule has 3 rings (SSSR count). The van der Waals surface area contributed by atoms with E-state index in [1.54, 1.807) is 18.2 Å². The number of hydrogen-bond donors (Lipinski definition) is 2. The highest BCUT2D eigenvalue weighted by Gasteiger charge is 2.26. The van der Waals surface area contributed by atoms with E-state index in [1.165, 1.54) is 23.9 Å². The number of carbonyl (C=O) groups excluding carboxylic acids is 2. The number of carbonyl (C=O) groups is 2. The van der Waals surface area contributed by atoms with Gasteiger partial charge in [0.2, 0.25) is 5.91 Å². The van der Waals surface area contributed by atoms with Crippen LogP contribution >= 0.6 is 27.7 Å². The van der Waals surface area contributed by atoms with E-state index >= 15 is 0 Å². The molecule has 10 heteroatoms. The van der Waals surface area contributed by atoms with Crippen LogP contribution in [0.25, 0.3) is 0 Å². The van der Waals surface area contributed by atoms with E-state index in [0.29, 0.717) is 27.6 Å². The van der Waals surface area contributed by atoms with Gasteiger partial charge in [0.15, 0.2) is 11.0 Å². The molecular weight excluding hydrogens is 509 g/mol. The minimum Gasteiger partial charge on any atom is -0.342 e. The summed E-state index contributed by atoms with van der Waals surface area (Å²) in [5.41, 5.74) is 0.683. The fourth-order valence-corrected chi connectivity index (χ4v) is 4.33. The van der Waals surface area contributed by atoms with Gasteiger partial charge in [-0.1, -0.05) is 59.7 Å². The quantitative estimate of drug-likeness (QED) is 0.375. The Morgan fingerprint density at radius 3 is 2.52 bits per heavy atom. The van der Waals surface area contributed by atoms with E-state index in [0.717, 1.165) is 0 Å². The van der Waals surface area contributed by atoms with Crippen molar-refractivity contribution in [1.82, 2.24) is 20.1 Å². The summed E-state index contributed by atoms with van der Waals surface area (Å²) >= 11 is 4.40. The number of amides is 2. The van der Waals surface area contributed by atoms with Crippen molar-refractivity contribution < 1.29 is 14.0 Å². The summed E-state index contributed by atoms with van der Waals surface area (Å²) in [5.74, 6) is -0.338. The molecule has 3 aromatic rings. The zero-order valence-electron chi connectivity index (χ0n) is 18.5. The minimum absolute atomic E-state index is 0.0381. The van der Waals surface area contributed by atoms with Gasteiger partial charge in [-0.2, -0.15) is 0 Å². The molecule has 2 N–H and O–H groups in total. The summed E-state index contributed by atoms with van der Waals surface area (Å²) in [5, 5.41) is 14.7. The van der Waals surface area contributed by atoms with Crippen LogP contribution in [-0.2, 0) is 11.3 Å². The van der Waals surface area contributed by atoms with Crippen LogP contribution in [-0.4, -0.2) is 32.3 Å². The number of anilines is 1. The van der Waals surface area contributed by atoms with Gasteiger partial charge >= 0.3 is 0 Å². The van der Waals surface area contributed by atoms with Crippen molar-refractivity contribution in [3.05, 3.63) is 70.2 Å². The fourth-order valence-electron chi connectivity index (χ4n) is 3.18. The standard InChI is InChI=1S/C23H25BrFN5O2S/c1-4-30-21(20(14(2)3)27-22(32)15-8-6-5-7-9-15)28-29-23(30)33-13-19(31)26-18-11-10-16(24)12-17(18)25/h5-12,14,20H,4,13H2,1-3H3,(H,26,31)(H,27,32)/t20-/m1/s1. The Kier molecular flexibility index (Phi) is 8.62. The summed E-state index contributed by atoms with van der Waals surface area (Å²) < 4.78 is 16.5. The monoisotopic (exact) mass is 533 g/mol. The second-order valence-electron chi connectivity index (χ2n) is 7.61. The Labute approximate surface area is 204 Å². The zero-order chi connectivity index (χ0) is 24.0. The van der Waals surface area contributed by atoms with E-state index < -0.39 is 5.82 Å². The third-order valence-electron chi connectivity index (χ3n) is 4.87. The molecule has 0 aliphatic rings. The third-order valence-corrected chi connectivity index (χ3v) is 6.33. The molecule has 0 radical (unpaired) electrons. The average Bonchev–Trinajstić information content (AvgIpc) is 3.20. The topological polar surface area (TPSA) is 88.9 Å². The molecular formula is C23H25BrFN5O2S. The first-order valence-corrected chi connectivity index (χ1v) is 12.2. The first-order valence-electron chi connectivity index (χ1n) is 10.5. The number of aromatic nitrogens is 3. The molecule has 1 heterocycles. The van der Waals surface area contributed by atoms with Crippen LogP contribution in [0.1, 0.15) is 43.0 Å². The first kappa shape index (κ1) is 24.9. The molecule has 1 atom stereocenters. The predicted molar refractivity (Wildman–Crippen MR) is 131 cm³/mol. The number of rotatable bonds is 9. The maximum absolute atomic E-state index is 14.0. The number of thioether (sulfide) groups is 1. The van der Waals surface area contributed by atoms with Gasteiger partial charge < -0.3 is 15.2 Å². The molecule has 174 valence electrons. The Hall–Kier alpha value is -2.72. The maximum atomic E-state index is 14.0. The molecule has 0 aliphatic heterocycles. The lowest BCUT2D eigenvalue weighted by Gasteiger charge is -2.22. The molecule has 0 saturated carbocycles. The molecule has 0 unspecified atom stereocenters. The van der Waals surface area contributed by atoms with Gasteiger partial charge in [0, 0.05) is 16.6 Å². The Balaban J connectivity index is 1.70. The van der Waals surface area contributed by atoms with Crippen molar-refractivity contribution in [2.24, 2.45) is 5.92 Å². The normalized spacial score (nSPS) is 11.9. The summed E-state index contributed by atoms with van der Waals surface area (Å²) in [4.78, 5) is 25.1. The highest BCUT2D eigenvalue weighted by molar-refractivity contribution is 9.10. The van der Waals surface area contributed by atoms with Crippen LogP contribution in [0.2, 0.25) is 0 Å². The van der Waals surface area contributed by atoms with Crippen molar-refractivity contribution in [1.29, 1.82) is 0 Å². The van der Waals surface area contributed by atoms with E-state index in [2.05, 4.69) is 36.8 Å². The van der Waals surface area contributed by atoms with Crippen LogP contribution in [0.4, 0.5) is 10.1 Å². The van der Waals surface area contributed by atoms with Gasteiger partial charge in [-0.15, -0.1) is 10.2 Å². The highest BCUT2D eigenvalue weighted by Crippen LogP contribution is 2.26. The van der Waals surface area contributed by atoms with Crippen LogP contribution in [0.5, 0.6) is 0 Å². The largest absolute Gasteiger partial charge is 0.342 e. The predicted octanol–water partition coefficient (Wildman–Crippen LogP) is 5.06. The van der Waals surface area contributed by atoms with Crippen molar-refractivity contribution in [3.63, 3.8) is 0 Å². The van der Waals surface area contributed by atoms with Gasteiger partial charge in [0.05, 0.1) is 17.5 Å². The molecule has 7 nitrogen and oxygen atoms in total. The molecule has 2 amide bonds. The highest BCUT2D eigenvalue weighted by atomic mass is 79.9. The number of nitrogens with zero attached hydrogens (tertiary/aromatic N) is 3. The summed E-state index contributed by atoms with van der Waals surface area (Å²) in [6, 6.07) is 13.1. The van der Waals surface area contributed by atoms with E-state index in [9.17, 15) is 14.0 Å². The van der Waals surface area contributed by atoms with Crippen molar-refractivity contribution >= 4 is 45.2 Å². The molecule has 0 fully saturated rings. The number of nitrogens with one attached hydrogen (secondary N) is 2. The lowest BCUT2D eigenvalue weighted by Crippen LogP contribution is -2.33. The van der Waals surface area contributed by atoms with Crippen LogP contribution in [0.3, 0.4) is 0 Å². The van der Waals surface area contributed by atoms with Gasteiger partial charge in [0.1, 0.15) is 5.82 Å². The van der Waals surface area contributed by atoms with Gasteiger partial charge in [-0.3, -0.25) is 9.59 Å². The molecule has 0 saturated heterocycles. The molecule has 2 aromatic carbocycles. The SMILES string of the molecule is CCn1c(SCC(=O)Nc2ccc(Br)cc2F)nnc1[C@H](NC(=O)c1ccccc1)C(C)C. The molecule has 1 aromatic heterocycles. The lowest BCUT2D eigenvalue weighted by molar-refractivity contribution is -0.113. The fraction of sp³-hybridized carbons (Fsp3) is 0.304. The third kappa shape index (κ3) is 6.42. The average molecular weight is 534 g/mol. The van der Waals surface area contributed by atoms with Crippen LogP contribution in [0, 0.1) is 11.7 Å². The van der Waals surface area contributed by atoms with Crippen molar-refractivity contribution in [3.8, 4) is 0 Å². The second kappa shape index (κ2) is 11.4. The molecule has 0 spiro atoms. The lowest BCUT2D eigenvalue weighted by atomic mass is 10.0. The summed E-state index contributed by atoms with van der Waals surface area (Å²) in [6.07, 6.45) is 0. The van der Waals surface area contributed by atoms with Crippen LogP contribution in [0.15, 0.2) is 58.2 Å². The number of halogens is 2. The molecule has 0 aliphatic carbocycles. The summed E-state index contributed by atoms with van der Waals surface area (Å²) in [6.45, 7) is 6.51. The minimum atomic E-state index is -0.518. The van der Waals surface area contributed by atoms with E-state index in [4.69, 9.17) is 0 Å². The maximum Gasteiger partial charge on any atom is 0.251 e. The second-order valence-corrected chi connectivity index (χ2v) is 9.47. The number of hydrogen-bond acceptors (Lipinski definition) is 5. The van der Waals surface area contributed by atoms with E-state index in [1.807, 2.05) is 43.5 Å². The Morgan fingerprint density at radius 1 is 1.15 bits per heavy atom. The van der Waals surface area contributed by atoms with E-state index in [-0.39, 0.29) is 35.2 Å². The van der Waals surface area contributed by atoms with Crippen molar-refractivity contribution in [2.45, 2.75) is 38.5 Å². The van der Waals surface area contributed by atoms with Gasteiger partial charge in [0.25, 0.3) is 5.91 Å². The summed E-state index contributed by atoms with van der Waals surface area (Å²) in [7, 11) is 0. The van der Waals surface area contributed by atoms with Gasteiger partial charge in [-0.05, 0) is 43.2 Å². The van der Waals surface area contributed by atoms with Crippen LogP contribution < -0.4 is 10.6 Å². The first-order chi connectivity index (χ1) is 15.8. The van der Waals surface area contributed by atoms with Crippen molar-refractivity contribution in [2.75, 3.05) is 11.1 Å². The Morgan fingerprint density at radius 2 is 1.88 bits per heavy atom. The molecule has 33 heavy (non-hydrogen) atoms.